The van der Waals surface area contributed by atoms with Crippen molar-refractivity contribution in [3.8, 4) is 0 Å². The summed E-state index contributed by atoms with van der Waals surface area (Å²) in [4.78, 5) is 17.2. The highest BCUT2D eigenvalue weighted by atomic mass is 16.4. The third-order valence-electron chi connectivity index (χ3n) is 3.13. The summed E-state index contributed by atoms with van der Waals surface area (Å²) in [5.41, 5.74) is 3.05. The van der Waals surface area contributed by atoms with E-state index in [2.05, 4.69) is 4.98 Å². The molecule has 4 nitrogen and oxygen atoms in total. The topological polar surface area (TPSA) is 53.4 Å². The van der Waals surface area contributed by atoms with Crippen LogP contribution in [0.3, 0.4) is 0 Å². The number of carbonyl (C=O) groups is 1. The molecule has 0 saturated heterocycles. The molecule has 1 N–H and O–H groups in total. The minimum Gasteiger partial charge on any atom is -0.480 e. The molecule has 1 aromatic carbocycles. The number of hydrogen-bond acceptors (Lipinski definition) is 3. The van der Waals surface area contributed by atoms with Gasteiger partial charge in [0.2, 0.25) is 0 Å². The Morgan fingerprint density at radius 2 is 2.11 bits per heavy atom. The van der Waals surface area contributed by atoms with E-state index in [1.165, 1.54) is 0 Å². The second kappa shape index (κ2) is 5.80. The molecular formula is C15H18N2O2. The average molecular weight is 258 g/mol. The largest absolute Gasteiger partial charge is 0.480 e. The minimum atomic E-state index is -0.795. The summed E-state index contributed by atoms with van der Waals surface area (Å²) in [5.74, 6) is -0.795. The van der Waals surface area contributed by atoms with Gasteiger partial charge in [0.25, 0.3) is 0 Å². The number of carboxylic acids is 1. The number of likely N-dealkylation sites (N-methyl/N-ethyl adjacent to an activating group) is 1. The van der Waals surface area contributed by atoms with Gasteiger partial charge >= 0.3 is 5.97 Å². The molecule has 2 rings (SSSR count). The van der Waals surface area contributed by atoms with Crippen LogP contribution in [0.5, 0.6) is 0 Å². The van der Waals surface area contributed by atoms with Gasteiger partial charge in [-0.2, -0.15) is 0 Å². The standard InChI is InChI=1S/C15H18N2O2/c1-3-17(10-15(18)19)9-12-8-11(2)16-14-7-5-4-6-13(12)14/h4-8H,3,9-10H2,1-2H3,(H,18,19). The minimum absolute atomic E-state index is 0.0617. The number of aryl methyl sites for hydroxylation is 1. The van der Waals surface area contributed by atoms with E-state index in [9.17, 15) is 4.79 Å². The van der Waals surface area contributed by atoms with E-state index in [1.807, 2.05) is 49.1 Å². The zero-order chi connectivity index (χ0) is 13.8. The van der Waals surface area contributed by atoms with Gasteiger partial charge in [-0.3, -0.25) is 14.7 Å². The van der Waals surface area contributed by atoms with E-state index < -0.39 is 5.97 Å². The zero-order valence-electron chi connectivity index (χ0n) is 11.3. The van der Waals surface area contributed by atoms with Crippen LogP contribution in [0.2, 0.25) is 0 Å². The number of pyridine rings is 1. The van der Waals surface area contributed by atoms with E-state index in [4.69, 9.17) is 5.11 Å². The van der Waals surface area contributed by atoms with Crippen LogP contribution >= 0.6 is 0 Å². The summed E-state index contributed by atoms with van der Waals surface area (Å²) in [7, 11) is 0. The van der Waals surface area contributed by atoms with Crippen LogP contribution in [-0.2, 0) is 11.3 Å². The molecule has 2 aromatic rings. The van der Waals surface area contributed by atoms with Crippen molar-refractivity contribution in [3.05, 3.63) is 41.6 Å². The van der Waals surface area contributed by atoms with Crippen LogP contribution in [0.25, 0.3) is 10.9 Å². The Morgan fingerprint density at radius 3 is 2.79 bits per heavy atom. The summed E-state index contributed by atoms with van der Waals surface area (Å²) in [5, 5.41) is 10.0. The van der Waals surface area contributed by atoms with Crippen molar-refractivity contribution in [2.24, 2.45) is 0 Å². The van der Waals surface area contributed by atoms with Crippen molar-refractivity contribution >= 4 is 16.9 Å². The van der Waals surface area contributed by atoms with Crippen LogP contribution in [0.1, 0.15) is 18.2 Å². The molecule has 0 spiro atoms. The number of benzene rings is 1. The fraction of sp³-hybridized carbons (Fsp3) is 0.333. The first-order valence-corrected chi connectivity index (χ1v) is 6.39. The lowest BCUT2D eigenvalue weighted by Gasteiger charge is -2.19. The van der Waals surface area contributed by atoms with Crippen LogP contribution < -0.4 is 0 Å². The Bertz CT molecular complexity index is 596. The third kappa shape index (κ3) is 3.29. The molecule has 0 amide bonds. The number of carboxylic acid groups (broad SMARTS) is 1. The van der Waals surface area contributed by atoms with E-state index in [-0.39, 0.29) is 6.54 Å². The highest BCUT2D eigenvalue weighted by Crippen LogP contribution is 2.19. The average Bonchev–Trinajstić information content (AvgIpc) is 2.37. The van der Waals surface area contributed by atoms with Crippen molar-refractivity contribution in [1.29, 1.82) is 0 Å². The van der Waals surface area contributed by atoms with Crippen molar-refractivity contribution in [1.82, 2.24) is 9.88 Å². The van der Waals surface area contributed by atoms with Gasteiger partial charge in [-0.15, -0.1) is 0 Å². The van der Waals surface area contributed by atoms with Crippen LogP contribution in [0.15, 0.2) is 30.3 Å². The number of aliphatic carboxylic acids is 1. The molecule has 0 saturated carbocycles. The first-order chi connectivity index (χ1) is 9.10. The maximum atomic E-state index is 10.8. The molecule has 0 aliphatic heterocycles. The quantitative estimate of drug-likeness (QED) is 0.895. The number of hydrogen-bond donors (Lipinski definition) is 1. The Morgan fingerprint density at radius 1 is 1.37 bits per heavy atom. The molecule has 0 aliphatic carbocycles. The van der Waals surface area contributed by atoms with Crippen LogP contribution in [0.4, 0.5) is 0 Å². The lowest BCUT2D eigenvalue weighted by Crippen LogP contribution is -2.29. The summed E-state index contributed by atoms with van der Waals surface area (Å²) >= 11 is 0. The zero-order valence-corrected chi connectivity index (χ0v) is 11.3. The van der Waals surface area contributed by atoms with Crippen LogP contribution in [-0.4, -0.2) is 34.0 Å². The fourth-order valence-electron chi connectivity index (χ4n) is 2.24. The summed E-state index contributed by atoms with van der Waals surface area (Å²) in [6, 6.07) is 10.0. The number of fused-ring (bicyclic) bond motifs is 1. The number of rotatable bonds is 5. The molecule has 1 heterocycles. The summed E-state index contributed by atoms with van der Waals surface area (Å²) in [6.45, 7) is 5.34. The molecule has 0 fully saturated rings. The SMILES string of the molecule is CCN(CC(=O)O)Cc1cc(C)nc2ccccc12. The highest BCUT2D eigenvalue weighted by molar-refractivity contribution is 5.82. The van der Waals surface area contributed by atoms with E-state index in [0.717, 1.165) is 22.2 Å². The van der Waals surface area contributed by atoms with Gasteiger partial charge in [0.15, 0.2) is 0 Å². The maximum absolute atomic E-state index is 10.8. The van der Waals surface area contributed by atoms with Crippen molar-refractivity contribution in [2.75, 3.05) is 13.1 Å². The molecule has 0 atom stereocenters. The van der Waals surface area contributed by atoms with Gasteiger partial charge in [0.1, 0.15) is 0 Å². The van der Waals surface area contributed by atoms with Gasteiger partial charge in [-0.1, -0.05) is 25.1 Å². The van der Waals surface area contributed by atoms with E-state index in [1.54, 1.807) is 0 Å². The second-order valence-electron chi connectivity index (χ2n) is 4.64. The molecule has 4 heteroatoms. The second-order valence-corrected chi connectivity index (χ2v) is 4.64. The van der Waals surface area contributed by atoms with Crippen molar-refractivity contribution in [3.63, 3.8) is 0 Å². The molecule has 19 heavy (non-hydrogen) atoms. The molecule has 0 radical (unpaired) electrons. The summed E-state index contributed by atoms with van der Waals surface area (Å²) < 4.78 is 0. The normalized spacial score (nSPS) is 11.1. The smallest absolute Gasteiger partial charge is 0.317 e. The summed E-state index contributed by atoms with van der Waals surface area (Å²) in [6.07, 6.45) is 0. The predicted molar refractivity (Wildman–Crippen MR) is 75.1 cm³/mol. The first-order valence-electron chi connectivity index (χ1n) is 6.39. The number of para-hydroxylation sites is 1. The molecule has 100 valence electrons. The Labute approximate surface area is 112 Å². The lowest BCUT2D eigenvalue weighted by molar-refractivity contribution is -0.138. The highest BCUT2D eigenvalue weighted by Gasteiger charge is 2.11. The molecule has 0 unspecified atom stereocenters. The predicted octanol–water partition coefficient (Wildman–Crippen LogP) is 2.45. The maximum Gasteiger partial charge on any atom is 0.317 e. The number of aromatic nitrogens is 1. The van der Waals surface area contributed by atoms with Gasteiger partial charge in [0.05, 0.1) is 12.1 Å². The Hall–Kier alpha value is -1.94. The van der Waals surface area contributed by atoms with Crippen molar-refractivity contribution < 1.29 is 9.90 Å². The van der Waals surface area contributed by atoms with Crippen molar-refractivity contribution in [2.45, 2.75) is 20.4 Å². The van der Waals surface area contributed by atoms with E-state index >= 15 is 0 Å². The van der Waals surface area contributed by atoms with Gasteiger partial charge in [-0.05, 0) is 31.2 Å². The monoisotopic (exact) mass is 258 g/mol. The fourth-order valence-corrected chi connectivity index (χ4v) is 2.24. The number of nitrogens with zero attached hydrogens (tertiary/aromatic N) is 2. The first kappa shape index (κ1) is 13.5. The van der Waals surface area contributed by atoms with E-state index in [0.29, 0.717) is 13.1 Å². The Kier molecular flexibility index (Phi) is 4.12. The molecule has 1 aromatic heterocycles. The van der Waals surface area contributed by atoms with Crippen LogP contribution in [0, 0.1) is 6.92 Å². The van der Waals surface area contributed by atoms with Gasteiger partial charge in [0, 0.05) is 17.6 Å². The van der Waals surface area contributed by atoms with Gasteiger partial charge < -0.3 is 5.11 Å². The molecule has 0 bridgehead atoms. The molecular weight excluding hydrogens is 240 g/mol. The molecule has 0 aliphatic rings. The Balaban J connectivity index is 2.35. The third-order valence-corrected chi connectivity index (χ3v) is 3.13. The lowest BCUT2D eigenvalue weighted by atomic mass is 10.1. The van der Waals surface area contributed by atoms with Gasteiger partial charge in [-0.25, -0.2) is 0 Å².